The second-order valence-corrected chi connectivity index (χ2v) is 6.90. The van der Waals surface area contributed by atoms with E-state index < -0.39 is 21.7 Å². The number of fused-ring (bicyclic) bond motifs is 1. The van der Waals surface area contributed by atoms with E-state index in [9.17, 15) is 18.0 Å². The minimum absolute atomic E-state index is 0.113. The molecular weight excluding hydrogens is 282 g/mol. The second kappa shape index (κ2) is 4.90. The van der Waals surface area contributed by atoms with Crippen molar-refractivity contribution in [1.82, 2.24) is 4.90 Å². The number of carboxylic acids is 1. The Morgan fingerprint density at radius 3 is 2.60 bits per heavy atom. The fourth-order valence-electron chi connectivity index (χ4n) is 2.39. The van der Waals surface area contributed by atoms with Crippen molar-refractivity contribution >= 4 is 21.7 Å². The number of carbonyl (C=O) groups is 2. The largest absolute Gasteiger partial charge is 0.480 e. The van der Waals surface area contributed by atoms with Gasteiger partial charge in [0.15, 0.2) is 9.84 Å². The molecule has 0 radical (unpaired) electrons. The summed E-state index contributed by atoms with van der Waals surface area (Å²) >= 11 is 0. The molecule has 0 aliphatic carbocycles. The van der Waals surface area contributed by atoms with Crippen molar-refractivity contribution in [2.45, 2.75) is 18.2 Å². The van der Waals surface area contributed by atoms with Crippen molar-refractivity contribution < 1.29 is 23.1 Å². The lowest BCUT2D eigenvalue weighted by Gasteiger charge is -2.27. The molecule has 7 heteroatoms. The minimum Gasteiger partial charge on any atom is -0.480 e. The summed E-state index contributed by atoms with van der Waals surface area (Å²) in [6.07, 6.45) is 1.61. The number of hydrogen-bond donors (Lipinski definition) is 1. The summed E-state index contributed by atoms with van der Waals surface area (Å²) in [4.78, 5) is 24.3. The summed E-state index contributed by atoms with van der Waals surface area (Å²) in [5.74, 6) is -1.52. The van der Waals surface area contributed by atoms with Crippen LogP contribution in [-0.2, 0) is 21.1 Å². The summed E-state index contributed by atoms with van der Waals surface area (Å²) in [5, 5.41) is 8.77. The SMILES string of the molecule is Cc1cc2c(cc1S(C)(=O)=O)C(=O)N(CC(=O)O)CC2. The van der Waals surface area contributed by atoms with Gasteiger partial charge < -0.3 is 10.0 Å². The van der Waals surface area contributed by atoms with Crippen LogP contribution in [0.4, 0.5) is 0 Å². The van der Waals surface area contributed by atoms with Gasteiger partial charge in [-0.3, -0.25) is 9.59 Å². The molecule has 1 aromatic rings. The van der Waals surface area contributed by atoms with Gasteiger partial charge in [-0.15, -0.1) is 0 Å². The van der Waals surface area contributed by atoms with Gasteiger partial charge in [-0.25, -0.2) is 8.42 Å². The third-order valence-electron chi connectivity index (χ3n) is 3.30. The van der Waals surface area contributed by atoms with Crippen molar-refractivity contribution in [2.24, 2.45) is 0 Å². The van der Waals surface area contributed by atoms with Crippen molar-refractivity contribution in [3.05, 3.63) is 28.8 Å². The van der Waals surface area contributed by atoms with Crippen LogP contribution in [-0.4, -0.2) is 49.6 Å². The molecule has 1 heterocycles. The summed E-state index contributed by atoms with van der Waals surface area (Å²) in [6, 6.07) is 3.05. The van der Waals surface area contributed by atoms with E-state index in [2.05, 4.69) is 0 Å². The number of amides is 1. The van der Waals surface area contributed by atoms with Gasteiger partial charge in [0, 0.05) is 18.4 Å². The van der Waals surface area contributed by atoms with Crippen LogP contribution in [0.5, 0.6) is 0 Å². The van der Waals surface area contributed by atoms with Crippen LogP contribution in [0.2, 0.25) is 0 Å². The molecule has 0 spiro atoms. The highest BCUT2D eigenvalue weighted by Crippen LogP contribution is 2.25. The van der Waals surface area contributed by atoms with Gasteiger partial charge in [-0.1, -0.05) is 6.07 Å². The molecular formula is C13H15NO5S. The van der Waals surface area contributed by atoms with E-state index in [-0.39, 0.29) is 17.0 Å². The summed E-state index contributed by atoms with van der Waals surface area (Å²) in [7, 11) is -3.42. The number of carboxylic acid groups (broad SMARTS) is 1. The lowest BCUT2D eigenvalue weighted by atomic mass is 9.97. The molecule has 2 rings (SSSR count). The first-order chi connectivity index (χ1) is 9.20. The van der Waals surface area contributed by atoms with Gasteiger partial charge in [-0.05, 0) is 30.5 Å². The second-order valence-electron chi connectivity index (χ2n) is 4.92. The average Bonchev–Trinajstić information content (AvgIpc) is 2.30. The maximum absolute atomic E-state index is 12.2. The Morgan fingerprint density at radius 1 is 1.40 bits per heavy atom. The Hall–Kier alpha value is -1.89. The highest BCUT2D eigenvalue weighted by atomic mass is 32.2. The zero-order valence-corrected chi connectivity index (χ0v) is 12.0. The van der Waals surface area contributed by atoms with Crippen LogP contribution in [0.25, 0.3) is 0 Å². The fourth-order valence-corrected chi connectivity index (χ4v) is 3.37. The first-order valence-corrected chi connectivity index (χ1v) is 7.94. The number of aliphatic carboxylic acids is 1. The van der Waals surface area contributed by atoms with E-state index in [1.54, 1.807) is 13.0 Å². The quantitative estimate of drug-likeness (QED) is 0.876. The predicted molar refractivity (Wildman–Crippen MR) is 71.5 cm³/mol. The van der Waals surface area contributed by atoms with E-state index in [1.807, 2.05) is 0 Å². The summed E-state index contributed by atoms with van der Waals surface area (Å²) in [5.41, 5.74) is 1.65. The average molecular weight is 297 g/mol. The van der Waals surface area contributed by atoms with E-state index in [0.717, 1.165) is 11.8 Å². The number of hydrogen-bond acceptors (Lipinski definition) is 4. The fraction of sp³-hybridized carbons (Fsp3) is 0.385. The predicted octanol–water partition coefficient (Wildman–Crippen LogP) is 0.481. The van der Waals surface area contributed by atoms with E-state index in [0.29, 0.717) is 18.5 Å². The highest BCUT2D eigenvalue weighted by Gasteiger charge is 2.28. The molecule has 108 valence electrons. The number of rotatable bonds is 3. The van der Waals surface area contributed by atoms with Crippen molar-refractivity contribution in [1.29, 1.82) is 0 Å². The Bertz CT molecular complexity index is 693. The molecule has 1 aliphatic rings. The van der Waals surface area contributed by atoms with Gasteiger partial charge in [0.1, 0.15) is 6.54 Å². The normalized spacial score (nSPS) is 15.1. The van der Waals surface area contributed by atoms with Crippen LogP contribution in [0.15, 0.2) is 17.0 Å². The third kappa shape index (κ3) is 2.67. The first-order valence-electron chi connectivity index (χ1n) is 6.05. The van der Waals surface area contributed by atoms with E-state index in [1.165, 1.54) is 11.0 Å². The molecule has 6 nitrogen and oxygen atoms in total. The Kier molecular flexibility index (Phi) is 3.56. The molecule has 0 bridgehead atoms. The van der Waals surface area contributed by atoms with Crippen LogP contribution < -0.4 is 0 Å². The molecule has 0 saturated carbocycles. The topological polar surface area (TPSA) is 91.8 Å². The summed E-state index contributed by atoms with van der Waals surface area (Å²) in [6.45, 7) is 1.64. The molecule has 0 saturated heterocycles. The molecule has 20 heavy (non-hydrogen) atoms. The number of sulfone groups is 1. The van der Waals surface area contributed by atoms with Crippen LogP contribution in [0.3, 0.4) is 0 Å². The van der Waals surface area contributed by atoms with Gasteiger partial charge in [0.25, 0.3) is 5.91 Å². The van der Waals surface area contributed by atoms with Crippen molar-refractivity contribution in [3.8, 4) is 0 Å². The molecule has 0 atom stereocenters. The number of aryl methyl sites for hydroxylation is 1. The molecule has 1 aromatic carbocycles. The number of nitrogens with zero attached hydrogens (tertiary/aromatic N) is 1. The molecule has 0 aromatic heterocycles. The van der Waals surface area contributed by atoms with Gasteiger partial charge in [0.2, 0.25) is 0 Å². The highest BCUT2D eigenvalue weighted by molar-refractivity contribution is 7.90. The Morgan fingerprint density at radius 2 is 2.05 bits per heavy atom. The monoisotopic (exact) mass is 297 g/mol. The smallest absolute Gasteiger partial charge is 0.323 e. The lowest BCUT2D eigenvalue weighted by Crippen LogP contribution is -2.41. The van der Waals surface area contributed by atoms with Gasteiger partial charge in [-0.2, -0.15) is 0 Å². The Labute approximate surface area is 116 Å². The van der Waals surface area contributed by atoms with Crippen LogP contribution in [0, 0.1) is 6.92 Å². The van der Waals surface area contributed by atoms with Crippen molar-refractivity contribution in [2.75, 3.05) is 19.3 Å². The molecule has 1 N–H and O–H groups in total. The summed E-state index contributed by atoms with van der Waals surface area (Å²) < 4.78 is 23.4. The number of benzene rings is 1. The molecule has 1 amide bonds. The van der Waals surface area contributed by atoms with Crippen LogP contribution >= 0.6 is 0 Å². The third-order valence-corrected chi connectivity index (χ3v) is 4.53. The van der Waals surface area contributed by atoms with E-state index in [4.69, 9.17) is 5.11 Å². The van der Waals surface area contributed by atoms with Gasteiger partial charge in [0.05, 0.1) is 4.90 Å². The molecule has 0 unspecified atom stereocenters. The van der Waals surface area contributed by atoms with Crippen LogP contribution in [0.1, 0.15) is 21.5 Å². The Balaban J connectivity index is 2.50. The first kappa shape index (κ1) is 14.5. The maximum atomic E-state index is 12.2. The van der Waals surface area contributed by atoms with Gasteiger partial charge >= 0.3 is 5.97 Å². The zero-order valence-electron chi connectivity index (χ0n) is 11.2. The van der Waals surface area contributed by atoms with E-state index >= 15 is 0 Å². The zero-order chi connectivity index (χ0) is 15.1. The molecule has 0 fully saturated rings. The van der Waals surface area contributed by atoms with Crippen molar-refractivity contribution in [3.63, 3.8) is 0 Å². The minimum atomic E-state index is -3.42. The molecule has 1 aliphatic heterocycles. The maximum Gasteiger partial charge on any atom is 0.323 e. The number of carbonyl (C=O) groups excluding carboxylic acids is 1. The standard InChI is InChI=1S/C13H15NO5S/c1-8-5-9-3-4-14(7-12(15)16)13(17)10(9)6-11(8)20(2,18)19/h5-6H,3-4,7H2,1-2H3,(H,15,16). The lowest BCUT2D eigenvalue weighted by molar-refractivity contribution is -0.137.